The van der Waals surface area contributed by atoms with Gasteiger partial charge in [-0.1, -0.05) is 24.3 Å². The number of hydrogen-bond acceptors (Lipinski definition) is 3. The van der Waals surface area contributed by atoms with Gasteiger partial charge in [0.25, 0.3) is 0 Å². The molecule has 0 aliphatic rings. The van der Waals surface area contributed by atoms with Gasteiger partial charge < -0.3 is 4.74 Å². The van der Waals surface area contributed by atoms with Crippen LogP contribution in [0.2, 0.25) is 0 Å². The number of carbonyl (C=O) groups is 1. The lowest BCUT2D eigenvalue weighted by atomic mass is 10.1. The van der Waals surface area contributed by atoms with Crippen molar-refractivity contribution in [3.63, 3.8) is 0 Å². The average Bonchev–Trinajstić information content (AvgIpc) is 2.90. The van der Waals surface area contributed by atoms with Gasteiger partial charge in [-0.25, -0.2) is 0 Å². The molecule has 0 fully saturated rings. The maximum atomic E-state index is 11.8. The molecule has 2 rings (SSSR count). The Bertz CT molecular complexity index is 527. The van der Waals surface area contributed by atoms with Gasteiger partial charge in [0.2, 0.25) is 0 Å². The van der Waals surface area contributed by atoms with E-state index in [4.69, 9.17) is 4.74 Å². The summed E-state index contributed by atoms with van der Waals surface area (Å²) < 4.78 is 5.21. The summed E-state index contributed by atoms with van der Waals surface area (Å²) in [5.74, 6) is 0.786. The molecule has 0 N–H and O–H groups in total. The normalized spacial score (nSPS) is 10.6. The van der Waals surface area contributed by atoms with E-state index in [1.165, 1.54) is 11.3 Å². The molecule has 0 saturated heterocycles. The standard InChI is InChI=1S/C14H12O2S/c1-16-13-6-3-2-5-11(13)8-9-12(15)14-7-4-10-17-14/h2-10H,1H3/b9-8-. The Labute approximate surface area is 104 Å². The van der Waals surface area contributed by atoms with Crippen molar-refractivity contribution in [2.75, 3.05) is 7.11 Å². The molecule has 2 aromatic rings. The smallest absolute Gasteiger partial charge is 0.195 e. The number of ketones is 1. The van der Waals surface area contributed by atoms with E-state index in [0.29, 0.717) is 0 Å². The van der Waals surface area contributed by atoms with E-state index in [2.05, 4.69) is 0 Å². The third kappa shape index (κ3) is 2.82. The largest absolute Gasteiger partial charge is 0.496 e. The predicted octanol–water partition coefficient (Wildman–Crippen LogP) is 3.65. The molecule has 0 bridgehead atoms. The number of methoxy groups -OCH3 is 1. The molecule has 3 heteroatoms. The highest BCUT2D eigenvalue weighted by Crippen LogP contribution is 2.19. The molecule has 0 aliphatic heterocycles. The fourth-order valence-corrected chi connectivity index (χ4v) is 2.12. The van der Waals surface area contributed by atoms with Crippen LogP contribution in [-0.4, -0.2) is 12.9 Å². The van der Waals surface area contributed by atoms with Crippen molar-refractivity contribution < 1.29 is 9.53 Å². The number of hydrogen-bond donors (Lipinski definition) is 0. The second-order valence-corrected chi connectivity index (χ2v) is 4.36. The fourth-order valence-electron chi connectivity index (χ4n) is 1.47. The molecule has 0 amide bonds. The quantitative estimate of drug-likeness (QED) is 0.606. The highest BCUT2D eigenvalue weighted by Gasteiger charge is 2.02. The first-order valence-electron chi connectivity index (χ1n) is 5.20. The Balaban J connectivity index is 2.18. The third-order valence-electron chi connectivity index (χ3n) is 2.32. The van der Waals surface area contributed by atoms with Crippen LogP contribution in [0.5, 0.6) is 5.75 Å². The van der Waals surface area contributed by atoms with Gasteiger partial charge in [-0.15, -0.1) is 11.3 Å². The van der Waals surface area contributed by atoms with Gasteiger partial charge in [-0.2, -0.15) is 0 Å². The molecule has 0 saturated carbocycles. The topological polar surface area (TPSA) is 26.3 Å². The van der Waals surface area contributed by atoms with Crippen molar-refractivity contribution in [2.24, 2.45) is 0 Å². The highest BCUT2D eigenvalue weighted by atomic mass is 32.1. The third-order valence-corrected chi connectivity index (χ3v) is 3.20. The summed E-state index contributed by atoms with van der Waals surface area (Å²) >= 11 is 1.44. The van der Waals surface area contributed by atoms with E-state index < -0.39 is 0 Å². The number of para-hydroxylation sites is 1. The number of carbonyl (C=O) groups excluding carboxylic acids is 1. The van der Waals surface area contributed by atoms with Crippen molar-refractivity contribution >= 4 is 23.2 Å². The van der Waals surface area contributed by atoms with Gasteiger partial charge >= 0.3 is 0 Å². The first-order valence-corrected chi connectivity index (χ1v) is 6.08. The first-order chi connectivity index (χ1) is 8.31. The van der Waals surface area contributed by atoms with Crippen LogP contribution in [-0.2, 0) is 0 Å². The van der Waals surface area contributed by atoms with Crippen molar-refractivity contribution in [3.8, 4) is 5.75 Å². The van der Waals surface area contributed by atoms with Crippen LogP contribution >= 0.6 is 11.3 Å². The minimum absolute atomic E-state index is 0.0194. The molecule has 86 valence electrons. The molecule has 1 aromatic heterocycles. The zero-order valence-electron chi connectivity index (χ0n) is 9.42. The summed E-state index contributed by atoms with van der Waals surface area (Å²) in [5, 5.41) is 1.89. The van der Waals surface area contributed by atoms with Gasteiger partial charge in [-0.3, -0.25) is 4.79 Å². The van der Waals surface area contributed by atoms with E-state index in [9.17, 15) is 4.79 Å². The first kappa shape index (κ1) is 11.6. The lowest BCUT2D eigenvalue weighted by Crippen LogP contribution is -1.90. The summed E-state index contributed by atoms with van der Waals surface area (Å²) in [4.78, 5) is 12.5. The molecular weight excluding hydrogens is 232 g/mol. The maximum Gasteiger partial charge on any atom is 0.195 e. The van der Waals surface area contributed by atoms with Crippen LogP contribution in [0, 0.1) is 0 Å². The van der Waals surface area contributed by atoms with Crippen LogP contribution < -0.4 is 4.74 Å². The van der Waals surface area contributed by atoms with Crippen LogP contribution in [0.4, 0.5) is 0 Å². The molecule has 1 aromatic carbocycles. The van der Waals surface area contributed by atoms with Crippen molar-refractivity contribution in [2.45, 2.75) is 0 Å². The van der Waals surface area contributed by atoms with Gasteiger partial charge in [0.05, 0.1) is 12.0 Å². The molecular formula is C14H12O2S. The van der Waals surface area contributed by atoms with Crippen LogP contribution in [0.1, 0.15) is 15.2 Å². The Kier molecular flexibility index (Phi) is 3.73. The Morgan fingerprint density at radius 2 is 2.06 bits per heavy atom. The monoisotopic (exact) mass is 244 g/mol. The lowest BCUT2D eigenvalue weighted by Gasteiger charge is -2.02. The molecule has 0 radical (unpaired) electrons. The van der Waals surface area contributed by atoms with Gasteiger partial charge in [0.1, 0.15) is 5.75 Å². The molecule has 0 unspecified atom stereocenters. The lowest BCUT2D eigenvalue weighted by molar-refractivity contribution is 0.105. The highest BCUT2D eigenvalue weighted by molar-refractivity contribution is 7.12. The zero-order valence-corrected chi connectivity index (χ0v) is 10.2. The second-order valence-electron chi connectivity index (χ2n) is 3.42. The second kappa shape index (κ2) is 5.46. The van der Waals surface area contributed by atoms with Crippen molar-refractivity contribution in [1.82, 2.24) is 0 Å². The minimum Gasteiger partial charge on any atom is -0.496 e. The van der Waals surface area contributed by atoms with Crippen LogP contribution in [0.3, 0.4) is 0 Å². The van der Waals surface area contributed by atoms with E-state index in [-0.39, 0.29) is 5.78 Å². The number of benzene rings is 1. The van der Waals surface area contributed by atoms with E-state index >= 15 is 0 Å². The molecule has 17 heavy (non-hydrogen) atoms. The summed E-state index contributed by atoms with van der Waals surface area (Å²) in [6.07, 6.45) is 3.35. The Morgan fingerprint density at radius 1 is 1.24 bits per heavy atom. The fraction of sp³-hybridized carbons (Fsp3) is 0.0714. The summed E-state index contributed by atoms with van der Waals surface area (Å²) in [6.45, 7) is 0. The zero-order chi connectivity index (χ0) is 12.1. The minimum atomic E-state index is 0.0194. The SMILES string of the molecule is COc1ccccc1/C=C\C(=O)c1cccs1. The average molecular weight is 244 g/mol. The van der Waals surface area contributed by atoms with Gasteiger partial charge in [0, 0.05) is 5.56 Å². The number of ether oxygens (including phenoxy) is 1. The molecule has 0 atom stereocenters. The summed E-state index contributed by atoms with van der Waals surface area (Å²) in [5.41, 5.74) is 0.903. The van der Waals surface area contributed by atoms with Crippen molar-refractivity contribution in [1.29, 1.82) is 0 Å². The number of allylic oxidation sites excluding steroid dienone is 1. The Hall–Kier alpha value is -1.87. The Morgan fingerprint density at radius 3 is 2.76 bits per heavy atom. The summed E-state index contributed by atoms with van der Waals surface area (Å²) in [6, 6.07) is 11.3. The van der Waals surface area contributed by atoms with Gasteiger partial charge in [-0.05, 0) is 29.7 Å². The van der Waals surface area contributed by atoms with E-state index in [1.54, 1.807) is 19.3 Å². The maximum absolute atomic E-state index is 11.8. The molecule has 2 nitrogen and oxygen atoms in total. The number of rotatable bonds is 4. The number of thiophene rings is 1. The van der Waals surface area contributed by atoms with E-state index in [1.807, 2.05) is 41.8 Å². The molecule has 0 spiro atoms. The summed E-state index contributed by atoms with van der Waals surface area (Å²) in [7, 11) is 1.62. The van der Waals surface area contributed by atoms with E-state index in [0.717, 1.165) is 16.2 Å². The molecule has 1 heterocycles. The van der Waals surface area contributed by atoms with Crippen LogP contribution in [0.25, 0.3) is 6.08 Å². The molecule has 0 aliphatic carbocycles. The predicted molar refractivity (Wildman–Crippen MR) is 70.7 cm³/mol. The van der Waals surface area contributed by atoms with Gasteiger partial charge in [0.15, 0.2) is 5.78 Å². The van der Waals surface area contributed by atoms with Crippen molar-refractivity contribution in [3.05, 3.63) is 58.3 Å². The van der Waals surface area contributed by atoms with Crippen LogP contribution in [0.15, 0.2) is 47.9 Å².